The molecule has 0 saturated carbocycles. The normalized spacial score (nSPS) is 13.7. The van der Waals surface area contributed by atoms with Crippen molar-refractivity contribution >= 4 is 23.0 Å². The molecule has 0 radical (unpaired) electrons. The van der Waals surface area contributed by atoms with E-state index in [2.05, 4.69) is 23.1 Å². The molecule has 0 aliphatic carbocycles. The Kier molecular flexibility index (Phi) is 2.88. The molecule has 0 unspecified atom stereocenters. The van der Waals surface area contributed by atoms with Gasteiger partial charge < -0.3 is 10.6 Å². The Balaban J connectivity index is 1.86. The average Bonchev–Trinajstić information content (AvgIpc) is 2.77. The zero-order valence-electron chi connectivity index (χ0n) is 10.1. The Bertz CT molecular complexity index is 563. The number of halogens is 1. The van der Waals surface area contributed by atoms with Gasteiger partial charge in [-0.05, 0) is 35.7 Å². The summed E-state index contributed by atoms with van der Waals surface area (Å²) in [7, 11) is 0. The van der Waals surface area contributed by atoms with E-state index in [1.165, 1.54) is 16.8 Å². The highest BCUT2D eigenvalue weighted by Crippen LogP contribution is 2.34. The van der Waals surface area contributed by atoms with Crippen LogP contribution in [0, 0.1) is 0 Å². The third-order valence-corrected chi connectivity index (χ3v) is 3.66. The summed E-state index contributed by atoms with van der Waals surface area (Å²) >= 11 is 5.90. The van der Waals surface area contributed by atoms with Crippen LogP contribution in [0.3, 0.4) is 0 Å². The van der Waals surface area contributed by atoms with Crippen LogP contribution in [0.1, 0.15) is 11.1 Å². The van der Waals surface area contributed by atoms with E-state index in [1.54, 1.807) is 0 Å². The summed E-state index contributed by atoms with van der Waals surface area (Å²) in [6.45, 7) is 1.92. The zero-order chi connectivity index (χ0) is 12.5. The molecule has 1 aliphatic rings. The van der Waals surface area contributed by atoms with Crippen LogP contribution >= 0.6 is 11.6 Å². The van der Waals surface area contributed by atoms with Crippen molar-refractivity contribution in [1.29, 1.82) is 0 Å². The third kappa shape index (κ3) is 2.04. The fraction of sp³-hybridized carbons (Fsp3) is 0.200. The summed E-state index contributed by atoms with van der Waals surface area (Å²) in [5.74, 6) is 0. The van der Waals surface area contributed by atoms with Crippen molar-refractivity contribution < 1.29 is 0 Å². The van der Waals surface area contributed by atoms with Crippen LogP contribution in [0.4, 0.5) is 11.4 Å². The number of hydrogen-bond acceptors (Lipinski definition) is 2. The van der Waals surface area contributed by atoms with Crippen LogP contribution in [0.25, 0.3) is 0 Å². The monoisotopic (exact) mass is 258 g/mol. The van der Waals surface area contributed by atoms with E-state index < -0.39 is 0 Å². The quantitative estimate of drug-likeness (QED) is 0.836. The number of para-hydroxylation sites is 1. The number of anilines is 2. The lowest BCUT2D eigenvalue weighted by Crippen LogP contribution is -2.20. The SMILES string of the molecule is Nc1cccc2c1N(Cc1ccc(Cl)cc1)CC2. The molecule has 3 heteroatoms. The topological polar surface area (TPSA) is 29.3 Å². The number of fused-ring (bicyclic) bond motifs is 1. The highest BCUT2D eigenvalue weighted by molar-refractivity contribution is 6.30. The molecule has 2 nitrogen and oxygen atoms in total. The number of nitrogens with two attached hydrogens (primary N) is 1. The Morgan fingerprint density at radius 3 is 2.67 bits per heavy atom. The molecular weight excluding hydrogens is 244 g/mol. The summed E-state index contributed by atoms with van der Waals surface area (Å²) in [6, 6.07) is 14.2. The van der Waals surface area contributed by atoms with Gasteiger partial charge in [-0.3, -0.25) is 0 Å². The zero-order valence-corrected chi connectivity index (χ0v) is 10.8. The van der Waals surface area contributed by atoms with Gasteiger partial charge in [0.15, 0.2) is 0 Å². The lowest BCUT2D eigenvalue weighted by molar-refractivity contribution is 0.837. The predicted molar refractivity (Wildman–Crippen MR) is 77.1 cm³/mol. The van der Waals surface area contributed by atoms with Crippen molar-refractivity contribution in [3.05, 3.63) is 58.6 Å². The van der Waals surface area contributed by atoms with Crippen LogP contribution in [0.15, 0.2) is 42.5 Å². The standard InChI is InChI=1S/C15H15ClN2/c16-13-6-4-11(5-7-13)10-18-9-8-12-2-1-3-14(17)15(12)18/h1-7H,8-10,17H2. The minimum Gasteiger partial charge on any atom is -0.397 e. The largest absolute Gasteiger partial charge is 0.397 e. The molecule has 2 aromatic rings. The molecule has 92 valence electrons. The first-order valence-corrected chi connectivity index (χ1v) is 6.48. The Morgan fingerprint density at radius 1 is 1.11 bits per heavy atom. The van der Waals surface area contributed by atoms with Gasteiger partial charge in [0.05, 0.1) is 11.4 Å². The average molecular weight is 259 g/mol. The summed E-state index contributed by atoms with van der Waals surface area (Å²) < 4.78 is 0. The lowest BCUT2D eigenvalue weighted by Gasteiger charge is -2.21. The van der Waals surface area contributed by atoms with Crippen molar-refractivity contribution in [2.45, 2.75) is 13.0 Å². The smallest absolute Gasteiger partial charge is 0.0636 e. The first kappa shape index (κ1) is 11.4. The molecule has 0 amide bonds. The van der Waals surface area contributed by atoms with Crippen molar-refractivity contribution in [2.75, 3.05) is 17.2 Å². The molecule has 1 heterocycles. The highest BCUT2D eigenvalue weighted by Gasteiger charge is 2.20. The Morgan fingerprint density at radius 2 is 1.89 bits per heavy atom. The maximum atomic E-state index is 6.08. The summed E-state index contributed by atoms with van der Waals surface area (Å²) in [5.41, 5.74) is 10.8. The van der Waals surface area contributed by atoms with Crippen molar-refractivity contribution in [3.63, 3.8) is 0 Å². The van der Waals surface area contributed by atoms with Crippen LogP contribution in [-0.2, 0) is 13.0 Å². The third-order valence-electron chi connectivity index (χ3n) is 3.40. The van der Waals surface area contributed by atoms with Crippen molar-refractivity contribution in [2.24, 2.45) is 0 Å². The first-order chi connectivity index (χ1) is 8.74. The molecule has 0 aromatic heterocycles. The molecule has 2 aromatic carbocycles. The second kappa shape index (κ2) is 4.54. The molecule has 0 saturated heterocycles. The molecule has 0 atom stereocenters. The molecule has 0 spiro atoms. The van der Waals surface area contributed by atoms with Crippen molar-refractivity contribution in [1.82, 2.24) is 0 Å². The van der Waals surface area contributed by atoms with E-state index >= 15 is 0 Å². The summed E-state index contributed by atoms with van der Waals surface area (Å²) in [6.07, 6.45) is 1.08. The second-order valence-electron chi connectivity index (χ2n) is 4.65. The number of nitrogen functional groups attached to an aromatic ring is 1. The predicted octanol–water partition coefficient (Wildman–Crippen LogP) is 3.48. The van der Waals surface area contributed by atoms with E-state index in [0.29, 0.717) is 0 Å². The van der Waals surface area contributed by atoms with Gasteiger partial charge in [0.25, 0.3) is 0 Å². The van der Waals surface area contributed by atoms with Crippen LogP contribution in [0.2, 0.25) is 5.02 Å². The Labute approximate surface area is 112 Å². The van der Waals surface area contributed by atoms with Gasteiger partial charge in [0, 0.05) is 18.1 Å². The molecule has 0 bridgehead atoms. The highest BCUT2D eigenvalue weighted by atomic mass is 35.5. The fourth-order valence-electron chi connectivity index (χ4n) is 2.53. The maximum Gasteiger partial charge on any atom is 0.0636 e. The van der Waals surface area contributed by atoms with Gasteiger partial charge in [0.1, 0.15) is 0 Å². The molecule has 1 aliphatic heterocycles. The van der Waals surface area contributed by atoms with Gasteiger partial charge in [-0.2, -0.15) is 0 Å². The van der Waals surface area contributed by atoms with Crippen molar-refractivity contribution in [3.8, 4) is 0 Å². The van der Waals surface area contributed by atoms with E-state index in [0.717, 1.165) is 30.2 Å². The fourth-order valence-corrected chi connectivity index (χ4v) is 2.66. The molecule has 3 rings (SSSR count). The molecular formula is C15H15ClN2. The van der Waals surface area contributed by atoms with E-state index in [9.17, 15) is 0 Å². The van der Waals surface area contributed by atoms with Gasteiger partial charge in [0.2, 0.25) is 0 Å². The van der Waals surface area contributed by atoms with Gasteiger partial charge in [-0.15, -0.1) is 0 Å². The van der Waals surface area contributed by atoms with E-state index in [1.807, 2.05) is 24.3 Å². The molecule has 2 N–H and O–H groups in total. The van der Waals surface area contributed by atoms with E-state index in [4.69, 9.17) is 17.3 Å². The first-order valence-electron chi connectivity index (χ1n) is 6.11. The number of rotatable bonds is 2. The molecule has 18 heavy (non-hydrogen) atoms. The summed E-state index contributed by atoms with van der Waals surface area (Å²) in [5, 5.41) is 0.778. The minimum atomic E-state index is 0.778. The Hall–Kier alpha value is -1.67. The number of hydrogen-bond donors (Lipinski definition) is 1. The van der Waals surface area contributed by atoms with E-state index in [-0.39, 0.29) is 0 Å². The summed E-state index contributed by atoms with van der Waals surface area (Å²) in [4.78, 5) is 2.34. The minimum absolute atomic E-state index is 0.778. The van der Waals surface area contributed by atoms with Gasteiger partial charge >= 0.3 is 0 Å². The lowest BCUT2D eigenvalue weighted by atomic mass is 10.1. The maximum absolute atomic E-state index is 6.08. The van der Waals surface area contributed by atoms with Crippen LogP contribution < -0.4 is 10.6 Å². The van der Waals surface area contributed by atoms with Crippen LogP contribution in [-0.4, -0.2) is 6.54 Å². The number of nitrogens with zero attached hydrogens (tertiary/aromatic N) is 1. The second-order valence-corrected chi connectivity index (χ2v) is 5.09. The molecule has 0 fully saturated rings. The van der Waals surface area contributed by atoms with Gasteiger partial charge in [-0.1, -0.05) is 35.9 Å². The van der Waals surface area contributed by atoms with Crippen LogP contribution in [0.5, 0.6) is 0 Å². The van der Waals surface area contributed by atoms with Gasteiger partial charge in [-0.25, -0.2) is 0 Å². The number of benzene rings is 2.